The van der Waals surface area contributed by atoms with E-state index in [1.165, 1.54) is 18.1 Å². The quantitative estimate of drug-likeness (QED) is 0.355. The number of hydrogen-bond acceptors (Lipinski definition) is 5. The number of halogens is 2. The van der Waals surface area contributed by atoms with Crippen LogP contribution in [0.3, 0.4) is 0 Å². The van der Waals surface area contributed by atoms with Gasteiger partial charge in [-0.25, -0.2) is 0 Å². The normalized spacial score (nSPS) is 15.2. The third-order valence-corrected chi connectivity index (χ3v) is 6.54. The van der Waals surface area contributed by atoms with Crippen LogP contribution in [0.25, 0.3) is 11.0 Å². The van der Waals surface area contributed by atoms with Gasteiger partial charge in [0.05, 0.1) is 28.6 Å². The molecule has 4 aromatic rings. The highest BCUT2D eigenvalue weighted by Gasteiger charge is 2.44. The Kier molecular flexibility index (Phi) is 5.18. The van der Waals surface area contributed by atoms with Crippen LogP contribution < -0.4 is 15.1 Å². The van der Waals surface area contributed by atoms with E-state index < -0.39 is 11.9 Å². The van der Waals surface area contributed by atoms with Crippen LogP contribution in [0.4, 0.5) is 5.69 Å². The maximum absolute atomic E-state index is 13.7. The number of phenols is 1. The standard InChI is InChI=1S/C25H17BrClNO5/c1-12-4-3-5-15(8-12)28-21(13-9-17(26)23(30)19(10-13)32-2)20-22(29)16-11-14(27)6-7-18(16)33-24(20)25(28)31/h3-11,21,30H,1-2H3. The highest BCUT2D eigenvalue weighted by Crippen LogP contribution is 2.45. The minimum Gasteiger partial charge on any atom is -0.503 e. The molecule has 1 atom stereocenters. The molecular weight excluding hydrogens is 510 g/mol. The van der Waals surface area contributed by atoms with E-state index in [9.17, 15) is 14.7 Å². The highest BCUT2D eigenvalue weighted by atomic mass is 79.9. The summed E-state index contributed by atoms with van der Waals surface area (Å²) in [5, 5.41) is 11.0. The number of aryl methyl sites for hydroxylation is 1. The Hall–Kier alpha value is -3.29. The van der Waals surface area contributed by atoms with E-state index in [2.05, 4.69) is 15.9 Å². The van der Waals surface area contributed by atoms with Crippen LogP contribution in [-0.2, 0) is 0 Å². The molecule has 3 aromatic carbocycles. The minimum atomic E-state index is -0.806. The molecule has 0 saturated heterocycles. The number of carbonyl (C=O) groups excluding carboxylic acids is 1. The lowest BCUT2D eigenvalue weighted by Gasteiger charge is -2.26. The van der Waals surface area contributed by atoms with Crippen molar-refractivity contribution in [2.75, 3.05) is 12.0 Å². The van der Waals surface area contributed by atoms with Gasteiger partial charge in [-0.05, 0) is 76.4 Å². The first-order valence-corrected chi connectivity index (χ1v) is 11.2. The first-order chi connectivity index (χ1) is 15.8. The zero-order chi connectivity index (χ0) is 23.4. The molecule has 1 amide bonds. The van der Waals surface area contributed by atoms with Crippen LogP contribution in [0.15, 0.2) is 68.3 Å². The fraction of sp³-hybridized carbons (Fsp3) is 0.120. The van der Waals surface area contributed by atoms with Crippen LogP contribution >= 0.6 is 27.5 Å². The van der Waals surface area contributed by atoms with E-state index in [1.54, 1.807) is 30.3 Å². The third kappa shape index (κ3) is 3.39. The summed E-state index contributed by atoms with van der Waals surface area (Å²) in [6, 6.07) is 14.6. The third-order valence-electron chi connectivity index (χ3n) is 5.70. The van der Waals surface area contributed by atoms with Gasteiger partial charge in [0, 0.05) is 10.7 Å². The molecule has 33 heavy (non-hydrogen) atoms. The van der Waals surface area contributed by atoms with E-state index in [-0.39, 0.29) is 39.2 Å². The van der Waals surface area contributed by atoms with E-state index in [0.29, 0.717) is 20.7 Å². The topological polar surface area (TPSA) is 80.0 Å². The molecule has 1 aliphatic heterocycles. The number of carbonyl (C=O) groups is 1. The predicted octanol–water partition coefficient (Wildman–Crippen LogP) is 5.98. The number of ether oxygens (including phenoxy) is 1. The van der Waals surface area contributed by atoms with Crippen LogP contribution in [0, 0.1) is 6.92 Å². The first kappa shape index (κ1) is 21.6. The molecule has 6 nitrogen and oxygen atoms in total. The van der Waals surface area contributed by atoms with Crippen molar-refractivity contribution < 1.29 is 19.1 Å². The van der Waals surface area contributed by atoms with Crippen molar-refractivity contribution in [1.29, 1.82) is 0 Å². The fourth-order valence-electron chi connectivity index (χ4n) is 4.21. The average molecular weight is 527 g/mol. The molecule has 1 unspecified atom stereocenters. The van der Waals surface area contributed by atoms with Crippen molar-refractivity contribution in [2.24, 2.45) is 0 Å². The molecule has 1 N–H and O–H groups in total. The average Bonchev–Trinajstić information content (AvgIpc) is 3.08. The van der Waals surface area contributed by atoms with Gasteiger partial charge >= 0.3 is 0 Å². The smallest absolute Gasteiger partial charge is 0.295 e. The zero-order valence-electron chi connectivity index (χ0n) is 17.6. The monoisotopic (exact) mass is 525 g/mol. The van der Waals surface area contributed by atoms with Gasteiger partial charge in [-0.15, -0.1) is 0 Å². The van der Waals surface area contributed by atoms with E-state index >= 15 is 0 Å². The number of methoxy groups -OCH3 is 1. The van der Waals surface area contributed by atoms with Gasteiger partial charge < -0.3 is 14.3 Å². The lowest BCUT2D eigenvalue weighted by atomic mass is 9.97. The highest BCUT2D eigenvalue weighted by molar-refractivity contribution is 9.10. The lowest BCUT2D eigenvalue weighted by Crippen LogP contribution is -2.29. The fourth-order valence-corrected chi connectivity index (χ4v) is 4.84. The molecule has 2 heterocycles. The number of amides is 1. The maximum atomic E-state index is 13.7. The minimum absolute atomic E-state index is 0.0236. The molecule has 0 fully saturated rings. The molecular formula is C25H17BrClNO5. The molecule has 8 heteroatoms. The van der Waals surface area contributed by atoms with Crippen LogP contribution in [-0.4, -0.2) is 18.1 Å². The molecule has 0 bridgehead atoms. The van der Waals surface area contributed by atoms with Gasteiger partial charge in [-0.2, -0.15) is 0 Å². The molecule has 0 radical (unpaired) electrons. The molecule has 5 rings (SSSR count). The lowest BCUT2D eigenvalue weighted by molar-refractivity contribution is 0.0971. The Morgan fingerprint density at radius 3 is 2.64 bits per heavy atom. The number of rotatable bonds is 3. The number of fused-ring (bicyclic) bond motifs is 2. The first-order valence-electron chi connectivity index (χ1n) is 10.0. The van der Waals surface area contributed by atoms with Crippen LogP contribution in [0.2, 0.25) is 5.02 Å². The van der Waals surface area contributed by atoms with Crippen LogP contribution in [0.5, 0.6) is 11.5 Å². The summed E-state index contributed by atoms with van der Waals surface area (Å²) < 4.78 is 11.6. The summed E-state index contributed by atoms with van der Waals surface area (Å²) in [6.45, 7) is 1.92. The number of phenolic OH excluding ortho intramolecular Hbond substituents is 1. The number of hydrogen-bond donors (Lipinski definition) is 1. The van der Waals surface area contributed by atoms with Crippen molar-refractivity contribution in [3.63, 3.8) is 0 Å². The number of nitrogens with zero attached hydrogens (tertiary/aromatic N) is 1. The Morgan fingerprint density at radius 1 is 1.12 bits per heavy atom. The van der Waals surface area contributed by atoms with Crippen molar-refractivity contribution in [1.82, 2.24) is 0 Å². The van der Waals surface area contributed by atoms with Gasteiger partial charge in [0.2, 0.25) is 5.76 Å². The second kappa shape index (κ2) is 7.93. The maximum Gasteiger partial charge on any atom is 0.295 e. The van der Waals surface area contributed by atoms with E-state index in [0.717, 1.165) is 5.56 Å². The summed E-state index contributed by atoms with van der Waals surface area (Å²) in [5.74, 6) is -0.329. The second-order valence-corrected chi connectivity index (χ2v) is 9.08. The van der Waals surface area contributed by atoms with Crippen molar-refractivity contribution in [2.45, 2.75) is 13.0 Å². The van der Waals surface area contributed by atoms with Crippen molar-refractivity contribution in [3.8, 4) is 11.5 Å². The van der Waals surface area contributed by atoms with Crippen molar-refractivity contribution >= 4 is 50.1 Å². The summed E-state index contributed by atoms with van der Waals surface area (Å²) in [7, 11) is 1.43. The van der Waals surface area contributed by atoms with Gasteiger partial charge in [-0.1, -0.05) is 23.7 Å². The molecule has 0 aliphatic carbocycles. The van der Waals surface area contributed by atoms with Gasteiger partial charge in [0.15, 0.2) is 16.9 Å². The second-order valence-electron chi connectivity index (χ2n) is 7.78. The van der Waals surface area contributed by atoms with Gasteiger partial charge in [0.1, 0.15) is 5.58 Å². The van der Waals surface area contributed by atoms with E-state index in [1.807, 2.05) is 25.1 Å². The summed E-state index contributed by atoms with van der Waals surface area (Å²) >= 11 is 9.48. The van der Waals surface area contributed by atoms with Gasteiger partial charge in [0.25, 0.3) is 5.91 Å². The predicted molar refractivity (Wildman–Crippen MR) is 130 cm³/mol. The summed E-state index contributed by atoms with van der Waals surface area (Å²) in [6.07, 6.45) is 0. The Bertz CT molecular complexity index is 1510. The summed E-state index contributed by atoms with van der Waals surface area (Å²) in [4.78, 5) is 28.8. The zero-order valence-corrected chi connectivity index (χ0v) is 19.9. The van der Waals surface area contributed by atoms with Crippen LogP contribution in [0.1, 0.15) is 33.3 Å². The Morgan fingerprint density at radius 2 is 1.91 bits per heavy atom. The largest absolute Gasteiger partial charge is 0.503 e. The number of anilines is 1. The molecule has 0 saturated carbocycles. The molecule has 0 spiro atoms. The molecule has 1 aromatic heterocycles. The summed E-state index contributed by atoms with van der Waals surface area (Å²) in [5.41, 5.74) is 2.28. The SMILES string of the molecule is COc1cc(C2c3c(oc4ccc(Cl)cc4c3=O)C(=O)N2c2cccc(C)c2)cc(Br)c1O. The van der Waals surface area contributed by atoms with E-state index in [4.69, 9.17) is 20.8 Å². The Labute approximate surface area is 202 Å². The molecule has 166 valence electrons. The number of benzene rings is 3. The van der Waals surface area contributed by atoms with Crippen molar-refractivity contribution in [3.05, 3.63) is 96.8 Å². The molecule has 1 aliphatic rings. The van der Waals surface area contributed by atoms with Gasteiger partial charge in [-0.3, -0.25) is 14.5 Å². The Balaban J connectivity index is 1.85. The number of aromatic hydroxyl groups is 1.